The van der Waals surface area contributed by atoms with Gasteiger partial charge in [-0.25, -0.2) is 9.97 Å². The normalized spacial score (nSPS) is 10.5. The Hall–Kier alpha value is -2.14. The van der Waals surface area contributed by atoms with Gasteiger partial charge in [0.1, 0.15) is 25.3 Å². The van der Waals surface area contributed by atoms with E-state index in [1.54, 1.807) is 0 Å². The zero-order valence-electron chi connectivity index (χ0n) is 11.2. The minimum absolute atomic E-state index is 0.424. The zero-order chi connectivity index (χ0) is 14.5. The molecule has 3 aromatic rings. The van der Waals surface area contributed by atoms with Crippen LogP contribution in [0.15, 0.2) is 59.3 Å². The molecule has 1 heterocycles. The second kappa shape index (κ2) is 6.54. The minimum Gasteiger partial charge on any atom is -0.490 e. The first-order valence-corrected chi connectivity index (χ1v) is 7.33. The zero-order valence-corrected chi connectivity index (χ0v) is 12.8. The molecule has 3 rings (SSSR count). The number of fused-ring (bicyclic) bond motifs is 1. The van der Waals surface area contributed by atoms with Crippen LogP contribution in [0, 0.1) is 0 Å². The van der Waals surface area contributed by atoms with Gasteiger partial charge in [0.15, 0.2) is 0 Å². The van der Waals surface area contributed by atoms with E-state index in [1.807, 2.05) is 48.5 Å². The fourth-order valence-corrected chi connectivity index (χ4v) is 2.30. The first-order valence-electron chi connectivity index (χ1n) is 6.54. The molecule has 0 aliphatic rings. The quantitative estimate of drug-likeness (QED) is 0.659. The number of benzene rings is 2. The number of aromatic nitrogens is 2. The third-order valence-electron chi connectivity index (χ3n) is 2.89. The van der Waals surface area contributed by atoms with Gasteiger partial charge in [-0.3, -0.25) is 0 Å². The second-order valence-corrected chi connectivity index (χ2v) is 5.27. The Balaban J connectivity index is 1.64. The van der Waals surface area contributed by atoms with Crippen LogP contribution in [-0.2, 0) is 0 Å². The molecule has 0 bridgehead atoms. The van der Waals surface area contributed by atoms with Gasteiger partial charge in [-0.15, -0.1) is 0 Å². The molecular formula is C16H13BrN2O2. The van der Waals surface area contributed by atoms with Crippen molar-refractivity contribution in [1.82, 2.24) is 9.97 Å². The third kappa shape index (κ3) is 3.49. The second-order valence-electron chi connectivity index (χ2n) is 4.35. The van der Waals surface area contributed by atoms with Crippen molar-refractivity contribution in [2.45, 2.75) is 0 Å². The molecule has 5 heteroatoms. The first-order chi connectivity index (χ1) is 10.3. The topological polar surface area (TPSA) is 44.2 Å². The van der Waals surface area contributed by atoms with Gasteiger partial charge in [-0.2, -0.15) is 0 Å². The fourth-order valence-electron chi connectivity index (χ4n) is 1.93. The molecule has 0 N–H and O–H groups in total. The van der Waals surface area contributed by atoms with Gasteiger partial charge < -0.3 is 9.47 Å². The van der Waals surface area contributed by atoms with E-state index in [9.17, 15) is 0 Å². The summed E-state index contributed by atoms with van der Waals surface area (Å²) in [5.41, 5.74) is 0.854. The molecule has 0 radical (unpaired) electrons. The van der Waals surface area contributed by atoms with E-state index >= 15 is 0 Å². The maximum absolute atomic E-state index is 5.70. The van der Waals surface area contributed by atoms with Crippen molar-refractivity contribution in [3.63, 3.8) is 0 Å². The van der Waals surface area contributed by atoms with Gasteiger partial charge in [-0.05, 0) is 30.3 Å². The lowest BCUT2D eigenvalue weighted by Crippen LogP contribution is -2.10. The summed E-state index contributed by atoms with van der Waals surface area (Å²) in [6.07, 6.45) is 1.50. The summed E-state index contributed by atoms with van der Waals surface area (Å²) >= 11 is 3.44. The van der Waals surface area contributed by atoms with E-state index in [0.717, 1.165) is 21.1 Å². The summed E-state index contributed by atoms with van der Waals surface area (Å²) in [5.74, 6) is 1.40. The summed E-state index contributed by atoms with van der Waals surface area (Å²) in [4.78, 5) is 8.40. The summed E-state index contributed by atoms with van der Waals surface area (Å²) in [6, 6.07) is 15.5. The van der Waals surface area contributed by atoms with E-state index in [1.165, 1.54) is 6.33 Å². The van der Waals surface area contributed by atoms with Gasteiger partial charge in [0.05, 0.1) is 10.9 Å². The Morgan fingerprint density at radius 3 is 2.57 bits per heavy atom. The Kier molecular flexibility index (Phi) is 4.31. The lowest BCUT2D eigenvalue weighted by Gasteiger charge is -2.09. The molecule has 0 spiro atoms. The van der Waals surface area contributed by atoms with Crippen LogP contribution < -0.4 is 9.47 Å². The Morgan fingerprint density at radius 2 is 1.71 bits per heavy atom. The van der Waals surface area contributed by atoms with Gasteiger partial charge in [0.25, 0.3) is 0 Å². The lowest BCUT2D eigenvalue weighted by molar-refractivity contribution is 0.213. The van der Waals surface area contributed by atoms with Crippen LogP contribution in [0.1, 0.15) is 0 Å². The van der Waals surface area contributed by atoms with Crippen LogP contribution in [0.2, 0.25) is 0 Å². The number of para-hydroxylation sites is 1. The Morgan fingerprint density at radius 1 is 0.905 bits per heavy atom. The molecule has 0 atom stereocenters. The van der Waals surface area contributed by atoms with Crippen molar-refractivity contribution in [2.24, 2.45) is 0 Å². The third-order valence-corrected chi connectivity index (χ3v) is 3.39. The summed E-state index contributed by atoms with van der Waals surface area (Å²) in [6.45, 7) is 0.886. The number of nitrogens with zero attached hydrogens (tertiary/aromatic N) is 2. The van der Waals surface area contributed by atoms with Gasteiger partial charge >= 0.3 is 0 Å². The highest BCUT2D eigenvalue weighted by Gasteiger charge is 2.05. The van der Waals surface area contributed by atoms with Crippen molar-refractivity contribution < 1.29 is 9.47 Å². The number of halogens is 1. The first kappa shape index (κ1) is 13.8. The van der Waals surface area contributed by atoms with Crippen LogP contribution in [-0.4, -0.2) is 23.2 Å². The molecule has 2 aromatic carbocycles. The number of hydrogen-bond acceptors (Lipinski definition) is 4. The summed E-state index contributed by atoms with van der Waals surface area (Å²) in [7, 11) is 0. The molecule has 1 aromatic heterocycles. The Labute approximate surface area is 130 Å². The van der Waals surface area contributed by atoms with Gasteiger partial charge in [-0.1, -0.05) is 34.1 Å². The van der Waals surface area contributed by atoms with Crippen LogP contribution in [0.25, 0.3) is 10.9 Å². The molecule has 106 valence electrons. The SMILES string of the molecule is Brc1ccc2ncnc(OCCOc3ccccc3)c2c1. The van der Waals surface area contributed by atoms with Crippen molar-refractivity contribution in [3.05, 3.63) is 59.3 Å². The van der Waals surface area contributed by atoms with E-state index in [2.05, 4.69) is 25.9 Å². The fraction of sp³-hybridized carbons (Fsp3) is 0.125. The van der Waals surface area contributed by atoms with Crippen LogP contribution in [0.3, 0.4) is 0 Å². The highest BCUT2D eigenvalue weighted by molar-refractivity contribution is 9.10. The van der Waals surface area contributed by atoms with E-state index in [0.29, 0.717) is 19.1 Å². The number of ether oxygens (including phenoxy) is 2. The monoisotopic (exact) mass is 344 g/mol. The smallest absolute Gasteiger partial charge is 0.224 e. The van der Waals surface area contributed by atoms with Crippen molar-refractivity contribution in [1.29, 1.82) is 0 Å². The van der Waals surface area contributed by atoms with E-state index < -0.39 is 0 Å². The summed E-state index contributed by atoms with van der Waals surface area (Å²) in [5, 5.41) is 0.881. The highest BCUT2D eigenvalue weighted by atomic mass is 79.9. The van der Waals surface area contributed by atoms with Crippen LogP contribution in [0.5, 0.6) is 11.6 Å². The maximum Gasteiger partial charge on any atom is 0.224 e. The summed E-state index contributed by atoms with van der Waals surface area (Å²) < 4.78 is 12.3. The molecule has 0 fully saturated rings. The molecule has 0 aliphatic heterocycles. The Bertz CT molecular complexity index is 735. The van der Waals surface area contributed by atoms with Gasteiger partial charge in [0, 0.05) is 4.47 Å². The molecule has 4 nitrogen and oxygen atoms in total. The minimum atomic E-state index is 0.424. The number of rotatable bonds is 5. The molecule has 0 aliphatic carbocycles. The predicted molar refractivity (Wildman–Crippen MR) is 84.7 cm³/mol. The molecule has 0 saturated heterocycles. The maximum atomic E-state index is 5.70. The molecule has 0 amide bonds. The highest BCUT2D eigenvalue weighted by Crippen LogP contribution is 2.24. The van der Waals surface area contributed by atoms with Crippen molar-refractivity contribution >= 4 is 26.8 Å². The predicted octanol–water partition coefficient (Wildman–Crippen LogP) is 3.85. The van der Waals surface area contributed by atoms with Crippen LogP contribution in [0.4, 0.5) is 0 Å². The lowest BCUT2D eigenvalue weighted by atomic mass is 10.2. The average molecular weight is 345 g/mol. The van der Waals surface area contributed by atoms with E-state index in [-0.39, 0.29) is 0 Å². The molecule has 21 heavy (non-hydrogen) atoms. The van der Waals surface area contributed by atoms with Crippen LogP contribution >= 0.6 is 15.9 Å². The number of hydrogen-bond donors (Lipinski definition) is 0. The van der Waals surface area contributed by atoms with Crippen molar-refractivity contribution in [3.8, 4) is 11.6 Å². The average Bonchev–Trinajstić information content (AvgIpc) is 2.53. The van der Waals surface area contributed by atoms with Crippen molar-refractivity contribution in [2.75, 3.05) is 13.2 Å². The molecular weight excluding hydrogens is 332 g/mol. The standard InChI is InChI=1S/C16H13BrN2O2/c17-12-6-7-15-14(10-12)16(19-11-18-15)21-9-8-20-13-4-2-1-3-5-13/h1-7,10-11H,8-9H2. The van der Waals surface area contributed by atoms with Gasteiger partial charge in [0.2, 0.25) is 5.88 Å². The molecule has 0 unspecified atom stereocenters. The molecule has 0 saturated carbocycles. The largest absolute Gasteiger partial charge is 0.490 e. The van der Waals surface area contributed by atoms with E-state index in [4.69, 9.17) is 9.47 Å².